The van der Waals surface area contributed by atoms with Gasteiger partial charge < -0.3 is 9.84 Å². The molecule has 1 aromatic rings. The molecule has 1 N–H and O–H groups in total. The van der Waals surface area contributed by atoms with Gasteiger partial charge in [-0.25, -0.2) is 0 Å². The highest BCUT2D eigenvalue weighted by molar-refractivity contribution is 5.26. The zero-order chi connectivity index (χ0) is 9.68. The third-order valence-electron chi connectivity index (χ3n) is 1.72. The second-order valence-electron chi connectivity index (χ2n) is 3.19. The van der Waals surface area contributed by atoms with Crippen molar-refractivity contribution in [1.82, 2.24) is 0 Å². The molecule has 0 aliphatic carbocycles. The van der Waals surface area contributed by atoms with Gasteiger partial charge in [0.25, 0.3) is 0 Å². The molecule has 0 heterocycles. The number of aliphatic hydroxyl groups is 1. The molecule has 0 bridgehead atoms. The summed E-state index contributed by atoms with van der Waals surface area (Å²) in [5.41, 5.74) is 1.06. The smallest absolute Gasteiger partial charge is 0.119 e. The Morgan fingerprint density at radius 1 is 1.62 bits per heavy atom. The van der Waals surface area contributed by atoms with Crippen LogP contribution < -0.4 is 4.74 Å². The van der Waals surface area contributed by atoms with Crippen LogP contribution in [-0.2, 0) is 0 Å². The normalized spacial score (nSPS) is 12.5. The van der Waals surface area contributed by atoms with Crippen LogP contribution in [0.2, 0.25) is 0 Å². The minimum Gasteiger partial charge on any atom is -0.493 e. The summed E-state index contributed by atoms with van der Waals surface area (Å²) < 4.78 is 5.42. The van der Waals surface area contributed by atoms with E-state index < -0.39 is 0 Å². The predicted octanol–water partition coefficient (Wildman–Crippen LogP) is 1.94. The Kier molecular flexibility index (Phi) is 3.77. The molecule has 1 unspecified atom stereocenters. The third-order valence-corrected chi connectivity index (χ3v) is 1.72. The molecule has 13 heavy (non-hydrogen) atoms. The first kappa shape index (κ1) is 10.1. The molecule has 0 amide bonds. The highest BCUT2D eigenvalue weighted by Crippen LogP contribution is 2.12. The minimum absolute atomic E-state index is 0.295. The van der Waals surface area contributed by atoms with E-state index in [2.05, 4.69) is 6.07 Å². The van der Waals surface area contributed by atoms with Gasteiger partial charge in [-0.3, -0.25) is 0 Å². The first-order valence-electron chi connectivity index (χ1n) is 4.47. The summed E-state index contributed by atoms with van der Waals surface area (Å²) in [6.07, 6.45) is 0.369. The zero-order valence-electron chi connectivity index (χ0n) is 8.08. The third kappa shape index (κ3) is 3.95. The van der Waals surface area contributed by atoms with Gasteiger partial charge in [0.15, 0.2) is 0 Å². The van der Waals surface area contributed by atoms with Gasteiger partial charge in [-0.1, -0.05) is 6.07 Å². The van der Waals surface area contributed by atoms with Crippen LogP contribution in [0.4, 0.5) is 0 Å². The van der Waals surface area contributed by atoms with Crippen molar-refractivity contribution in [2.24, 2.45) is 0 Å². The number of ether oxygens (including phenoxy) is 1. The summed E-state index contributed by atoms with van der Waals surface area (Å²) in [5, 5.41) is 9.00. The fourth-order valence-corrected chi connectivity index (χ4v) is 0.996. The molecule has 71 valence electrons. The molecule has 0 saturated heterocycles. The predicted molar refractivity (Wildman–Crippen MR) is 51.8 cm³/mol. The molecule has 0 fully saturated rings. The van der Waals surface area contributed by atoms with Crippen molar-refractivity contribution < 1.29 is 9.84 Å². The molecular formula is C11H15O2. The van der Waals surface area contributed by atoms with Crippen LogP contribution in [0.1, 0.15) is 18.9 Å². The number of benzene rings is 1. The highest BCUT2D eigenvalue weighted by atomic mass is 16.5. The molecule has 0 saturated carbocycles. The average molecular weight is 179 g/mol. The molecule has 0 aliphatic heterocycles. The summed E-state index contributed by atoms with van der Waals surface area (Å²) in [4.78, 5) is 0. The molecule has 2 heteroatoms. The van der Waals surface area contributed by atoms with E-state index in [0.29, 0.717) is 13.0 Å². The lowest BCUT2D eigenvalue weighted by Gasteiger charge is -2.07. The van der Waals surface area contributed by atoms with Gasteiger partial charge in [0.1, 0.15) is 5.75 Å². The number of hydrogen-bond donors (Lipinski definition) is 1. The first-order valence-corrected chi connectivity index (χ1v) is 4.47. The van der Waals surface area contributed by atoms with Gasteiger partial charge in [-0.15, -0.1) is 0 Å². The summed E-state index contributed by atoms with van der Waals surface area (Å²) >= 11 is 0. The maximum atomic E-state index is 9.00. The van der Waals surface area contributed by atoms with Crippen molar-refractivity contribution >= 4 is 0 Å². The lowest BCUT2D eigenvalue weighted by atomic mass is 10.2. The topological polar surface area (TPSA) is 29.5 Å². The largest absolute Gasteiger partial charge is 0.493 e. The lowest BCUT2D eigenvalue weighted by molar-refractivity contribution is 0.155. The van der Waals surface area contributed by atoms with E-state index in [1.807, 2.05) is 25.1 Å². The maximum absolute atomic E-state index is 9.00. The molecule has 1 atom stereocenters. The summed E-state index contributed by atoms with van der Waals surface area (Å²) in [7, 11) is 0. The van der Waals surface area contributed by atoms with E-state index in [9.17, 15) is 0 Å². The van der Waals surface area contributed by atoms with Gasteiger partial charge in [-0.05, 0) is 37.6 Å². The van der Waals surface area contributed by atoms with Gasteiger partial charge >= 0.3 is 0 Å². The average Bonchev–Trinajstić information content (AvgIpc) is 2.03. The van der Waals surface area contributed by atoms with Gasteiger partial charge in [0.2, 0.25) is 0 Å². The van der Waals surface area contributed by atoms with Crippen molar-refractivity contribution in [2.45, 2.75) is 26.4 Å². The van der Waals surface area contributed by atoms with E-state index in [1.165, 1.54) is 0 Å². The molecule has 1 aromatic carbocycles. The molecule has 0 aromatic heterocycles. The molecular weight excluding hydrogens is 164 g/mol. The van der Waals surface area contributed by atoms with Crippen LogP contribution in [0.15, 0.2) is 18.2 Å². The van der Waals surface area contributed by atoms with Crippen LogP contribution in [0.25, 0.3) is 0 Å². The summed E-state index contributed by atoms with van der Waals surface area (Å²) in [6, 6.07) is 8.68. The highest BCUT2D eigenvalue weighted by Gasteiger charge is 1.97. The van der Waals surface area contributed by atoms with Crippen LogP contribution in [0.5, 0.6) is 5.75 Å². The quantitative estimate of drug-likeness (QED) is 0.765. The van der Waals surface area contributed by atoms with E-state index in [4.69, 9.17) is 9.84 Å². The van der Waals surface area contributed by atoms with Crippen LogP contribution in [0.3, 0.4) is 0 Å². The number of hydrogen-bond acceptors (Lipinski definition) is 2. The zero-order valence-corrected chi connectivity index (χ0v) is 8.08. The van der Waals surface area contributed by atoms with Gasteiger partial charge in [-0.2, -0.15) is 0 Å². The van der Waals surface area contributed by atoms with Crippen molar-refractivity contribution in [1.29, 1.82) is 0 Å². The fourth-order valence-electron chi connectivity index (χ4n) is 0.996. The standard InChI is InChI=1S/C11H15O2/c1-9-4-3-5-11(8-9)13-7-6-10(2)12/h3,5,8,10,12H,6-7H2,1-2H3. The molecule has 1 rings (SSSR count). The fraction of sp³-hybridized carbons (Fsp3) is 0.455. The second kappa shape index (κ2) is 4.87. The molecule has 1 radical (unpaired) electrons. The Balaban J connectivity index is 2.37. The number of aliphatic hydroxyl groups excluding tert-OH is 1. The van der Waals surface area contributed by atoms with Crippen molar-refractivity contribution in [3.05, 3.63) is 29.8 Å². The van der Waals surface area contributed by atoms with Crippen molar-refractivity contribution in [2.75, 3.05) is 6.61 Å². The Morgan fingerprint density at radius 3 is 3.00 bits per heavy atom. The van der Waals surface area contributed by atoms with E-state index in [-0.39, 0.29) is 6.10 Å². The Bertz CT molecular complexity index is 256. The Labute approximate surface area is 79.2 Å². The minimum atomic E-state index is -0.295. The van der Waals surface area contributed by atoms with Crippen molar-refractivity contribution in [3.63, 3.8) is 0 Å². The number of rotatable bonds is 4. The second-order valence-corrected chi connectivity index (χ2v) is 3.19. The SMILES string of the molecule is Cc1[c]ccc(OCCC(C)O)c1. The summed E-state index contributed by atoms with van der Waals surface area (Å²) in [6.45, 7) is 4.29. The molecule has 0 spiro atoms. The lowest BCUT2D eigenvalue weighted by Crippen LogP contribution is -2.07. The van der Waals surface area contributed by atoms with E-state index in [1.54, 1.807) is 6.92 Å². The van der Waals surface area contributed by atoms with E-state index >= 15 is 0 Å². The van der Waals surface area contributed by atoms with Crippen LogP contribution >= 0.6 is 0 Å². The molecule has 2 nitrogen and oxygen atoms in total. The van der Waals surface area contributed by atoms with E-state index in [0.717, 1.165) is 11.3 Å². The van der Waals surface area contributed by atoms with Crippen molar-refractivity contribution in [3.8, 4) is 5.75 Å². The first-order chi connectivity index (χ1) is 6.18. The summed E-state index contributed by atoms with van der Waals surface area (Å²) in [5.74, 6) is 0.844. The van der Waals surface area contributed by atoms with Gasteiger partial charge in [0.05, 0.1) is 12.7 Å². The van der Waals surface area contributed by atoms with Gasteiger partial charge in [0, 0.05) is 6.42 Å². The monoisotopic (exact) mass is 179 g/mol. The number of aryl methyl sites for hydroxylation is 1. The Hall–Kier alpha value is -1.02. The van der Waals surface area contributed by atoms with Crippen LogP contribution in [0, 0.1) is 13.0 Å². The molecule has 0 aliphatic rings. The Morgan fingerprint density at radius 2 is 2.38 bits per heavy atom. The maximum Gasteiger partial charge on any atom is 0.119 e. The van der Waals surface area contributed by atoms with Crippen LogP contribution in [-0.4, -0.2) is 17.8 Å².